The number of phenols is 1. The summed E-state index contributed by atoms with van der Waals surface area (Å²) in [5.74, 6) is -0.185. The highest BCUT2D eigenvalue weighted by molar-refractivity contribution is 8.27. The smallest absolute Gasteiger partial charge is 0.296 e. The Bertz CT molecular complexity index is 1210. The highest BCUT2D eigenvalue weighted by Crippen LogP contribution is 2.36. The van der Waals surface area contributed by atoms with Gasteiger partial charge in [0.15, 0.2) is 4.32 Å². The third-order valence-electron chi connectivity index (χ3n) is 4.73. The van der Waals surface area contributed by atoms with Crippen LogP contribution in [0.2, 0.25) is 0 Å². The number of rotatable bonds is 3. The first kappa shape index (κ1) is 19.2. The van der Waals surface area contributed by atoms with E-state index in [0.717, 1.165) is 17.3 Å². The van der Waals surface area contributed by atoms with Crippen LogP contribution in [0, 0.1) is 6.92 Å². The number of carbonyl (C=O) groups is 1. The van der Waals surface area contributed by atoms with Crippen molar-refractivity contribution < 1.29 is 9.90 Å². The van der Waals surface area contributed by atoms with Crippen molar-refractivity contribution in [1.82, 2.24) is 9.36 Å². The maximum absolute atomic E-state index is 13.2. The third-order valence-corrected chi connectivity index (χ3v) is 6.03. The molecule has 0 aliphatic carbocycles. The average molecular weight is 424 g/mol. The second kappa shape index (κ2) is 7.38. The molecular formula is C21H17N3O3S2. The summed E-state index contributed by atoms with van der Waals surface area (Å²) in [5.41, 5.74) is 2.06. The van der Waals surface area contributed by atoms with E-state index in [0.29, 0.717) is 20.6 Å². The number of amides is 1. The quantitative estimate of drug-likeness (QED) is 0.515. The summed E-state index contributed by atoms with van der Waals surface area (Å²) in [5, 5.41) is 9.42. The average Bonchev–Trinajstić information content (AvgIpc) is 3.10. The van der Waals surface area contributed by atoms with E-state index in [1.54, 1.807) is 49.0 Å². The van der Waals surface area contributed by atoms with Crippen LogP contribution in [0.1, 0.15) is 11.3 Å². The molecule has 0 atom stereocenters. The van der Waals surface area contributed by atoms with E-state index >= 15 is 0 Å². The first-order valence-electron chi connectivity index (χ1n) is 8.79. The van der Waals surface area contributed by atoms with Crippen LogP contribution in [0.15, 0.2) is 64.3 Å². The fraction of sp³-hybridized carbons (Fsp3) is 0.0952. The zero-order valence-corrected chi connectivity index (χ0v) is 17.3. The number of aromatic nitrogens is 2. The summed E-state index contributed by atoms with van der Waals surface area (Å²) in [4.78, 5) is 28.0. The molecule has 8 heteroatoms. The molecule has 1 aliphatic rings. The topological polar surface area (TPSA) is 67.5 Å². The molecule has 1 fully saturated rings. The van der Waals surface area contributed by atoms with Crippen molar-refractivity contribution in [2.45, 2.75) is 6.92 Å². The molecule has 0 radical (unpaired) electrons. The van der Waals surface area contributed by atoms with Gasteiger partial charge < -0.3 is 5.11 Å². The standard InChI is InChI=1S/C21H17N3O3S2/c1-13-18(20(27)24(22(13)2)15-6-4-3-5-7-15)23-19(26)17(29-21(23)28)12-14-8-10-16(25)11-9-14/h3-12,25H,1-2H3/b17-12+. The number of anilines is 1. The number of thiocarbonyl (C=S) groups is 1. The van der Waals surface area contributed by atoms with Gasteiger partial charge in [-0.25, -0.2) is 4.68 Å². The summed E-state index contributed by atoms with van der Waals surface area (Å²) in [6.45, 7) is 1.79. The Hall–Kier alpha value is -3.10. The molecule has 1 aromatic heterocycles. The molecule has 29 heavy (non-hydrogen) atoms. The van der Waals surface area contributed by atoms with Crippen LogP contribution in [0.3, 0.4) is 0 Å². The van der Waals surface area contributed by atoms with Gasteiger partial charge in [-0.2, -0.15) is 0 Å². The molecular weight excluding hydrogens is 406 g/mol. The predicted molar refractivity (Wildman–Crippen MR) is 120 cm³/mol. The van der Waals surface area contributed by atoms with Gasteiger partial charge in [0.25, 0.3) is 11.5 Å². The Kier molecular flexibility index (Phi) is 4.89. The summed E-state index contributed by atoms with van der Waals surface area (Å²) in [7, 11) is 1.77. The second-order valence-corrected chi connectivity index (χ2v) is 8.19. The van der Waals surface area contributed by atoms with Crippen molar-refractivity contribution in [3.8, 4) is 11.4 Å². The molecule has 0 unspecified atom stereocenters. The zero-order valence-electron chi connectivity index (χ0n) is 15.7. The molecule has 1 N–H and O–H groups in total. The number of para-hydroxylation sites is 1. The van der Waals surface area contributed by atoms with E-state index < -0.39 is 0 Å². The minimum Gasteiger partial charge on any atom is -0.508 e. The fourth-order valence-corrected chi connectivity index (χ4v) is 4.46. The second-order valence-electron chi connectivity index (χ2n) is 6.52. The highest BCUT2D eigenvalue weighted by Gasteiger charge is 2.37. The Labute approximate surface area is 176 Å². The Morgan fingerprint density at radius 2 is 1.69 bits per heavy atom. The van der Waals surface area contributed by atoms with Gasteiger partial charge in [0.2, 0.25) is 0 Å². The van der Waals surface area contributed by atoms with Gasteiger partial charge in [-0.05, 0) is 42.8 Å². The van der Waals surface area contributed by atoms with Gasteiger partial charge in [0.05, 0.1) is 16.3 Å². The maximum Gasteiger partial charge on any atom is 0.296 e. The largest absolute Gasteiger partial charge is 0.508 e. The summed E-state index contributed by atoms with van der Waals surface area (Å²) in [6.07, 6.45) is 1.70. The molecule has 2 aromatic carbocycles. The number of carbonyl (C=O) groups excluding carboxylic acids is 1. The van der Waals surface area contributed by atoms with Crippen molar-refractivity contribution in [1.29, 1.82) is 0 Å². The fourth-order valence-electron chi connectivity index (χ4n) is 3.19. The first-order chi connectivity index (χ1) is 13.9. The Morgan fingerprint density at radius 3 is 2.34 bits per heavy atom. The number of phenolic OH excluding ortho intramolecular Hbond substituents is 1. The molecule has 6 nitrogen and oxygen atoms in total. The van der Waals surface area contributed by atoms with Crippen LogP contribution < -0.4 is 10.5 Å². The SMILES string of the molecule is Cc1c(N2C(=O)/C(=C\c3ccc(O)cc3)SC2=S)c(=O)n(-c2ccccc2)n1C. The van der Waals surface area contributed by atoms with Crippen molar-refractivity contribution >= 4 is 46.0 Å². The molecule has 1 saturated heterocycles. The lowest BCUT2D eigenvalue weighted by Gasteiger charge is -2.12. The van der Waals surface area contributed by atoms with E-state index in [9.17, 15) is 14.7 Å². The van der Waals surface area contributed by atoms with E-state index in [4.69, 9.17) is 12.2 Å². The zero-order chi connectivity index (χ0) is 20.7. The number of benzene rings is 2. The third kappa shape index (κ3) is 3.30. The van der Waals surface area contributed by atoms with Gasteiger partial charge in [-0.3, -0.25) is 19.2 Å². The monoisotopic (exact) mass is 423 g/mol. The summed E-state index contributed by atoms with van der Waals surface area (Å²) in [6, 6.07) is 15.8. The Morgan fingerprint density at radius 1 is 1.03 bits per heavy atom. The van der Waals surface area contributed by atoms with Crippen molar-refractivity contribution in [2.24, 2.45) is 7.05 Å². The molecule has 0 bridgehead atoms. The molecule has 0 spiro atoms. The minimum atomic E-state index is -0.334. The van der Waals surface area contributed by atoms with Gasteiger partial charge in [-0.1, -0.05) is 54.3 Å². The van der Waals surface area contributed by atoms with Gasteiger partial charge >= 0.3 is 0 Å². The van der Waals surface area contributed by atoms with Crippen LogP contribution in [0.5, 0.6) is 5.75 Å². The van der Waals surface area contributed by atoms with Crippen LogP contribution in [-0.4, -0.2) is 24.7 Å². The Balaban J connectivity index is 1.78. The molecule has 1 aliphatic heterocycles. The van der Waals surface area contributed by atoms with Crippen LogP contribution in [0.25, 0.3) is 11.8 Å². The van der Waals surface area contributed by atoms with Crippen LogP contribution in [-0.2, 0) is 11.8 Å². The first-order valence-corrected chi connectivity index (χ1v) is 10.0. The summed E-state index contributed by atoms with van der Waals surface area (Å²) < 4.78 is 3.55. The normalized spacial score (nSPS) is 15.5. The molecule has 4 rings (SSSR count). The maximum atomic E-state index is 13.2. The van der Waals surface area contributed by atoms with Crippen LogP contribution >= 0.6 is 24.0 Å². The number of thioether (sulfide) groups is 1. The van der Waals surface area contributed by atoms with Gasteiger partial charge in [-0.15, -0.1) is 0 Å². The number of hydrogen-bond donors (Lipinski definition) is 1. The lowest BCUT2D eigenvalue weighted by atomic mass is 10.2. The minimum absolute atomic E-state index is 0.149. The van der Waals surface area contributed by atoms with Gasteiger partial charge in [0.1, 0.15) is 11.4 Å². The number of hydrogen-bond acceptors (Lipinski definition) is 5. The van der Waals surface area contributed by atoms with Gasteiger partial charge in [0, 0.05) is 7.05 Å². The number of aromatic hydroxyl groups is 1. The van der Waals surface area contributed by atoms with Crippen molar-refractivity contribution in [3.05, 3.63) is 81.1 Å². The van der Waals surface area contributed by atoms with E-state index in [1.165, 1.54) is 9.58 Å². The van der Waals surface area contributed by atoms with E-state index in [1.807, 2.05) is 30.3 Å². The van der Waals surface area contributed by atoms with Crippen molar-refractivity contribution in [2.75, 3.05) is 4.90 Å². The molecule has 2 heterocycles. The van der Waals surface area contributed by atoms with E-state index in [2.05, 4.69) is 0 Å². The van der Waals surface area contributed by atoms with E-state index in [-0.39, 0.29) is 22.9 Å². The van der Waals surface area contributed by atoms with Crippen molar-refractivity contribution in [3.63, 3.8) is 0 Å². The molecule has 1 amide bonds. The lowest BCUT2D eigenvalue weighted by molar-refractivity contribution is -0.113. The van der Waals surface area contributed by atoms with Crippen LogP contribution in [0.4, 0.5) is 5.69 Å². The lowest BCUT2D eigenvalue weighted by Crippen LogP contribution is -2.33. The summed E-state index contributed by atoms with van der Waals surface area (Å²) >= 11 is 6.58. The highest BCUT2D eigenvalue weighted by atomic mass is 32.2. The molecule has 3 aromatic rings. The molecule has 0 saturated carbocycles. The molecule has 146 valence electrons. The number of nitrogens with zero attached hydrogens (tertiary/aromatic N) is 3. The predicted octanol–water partition coefficient (Wildman–Crippen LogP) is 3.60.